The number of nitrogens with zero attached hydrogens (tertiary/aromatic N) is 4. The minimum absolute atomic E-state index is 0.413. The Kier molecular flexibility index (Phi) is 5.26. The molecule has 2 heterocycles. The van der Waals surface area contributed by atoms with E-state index in [0.29, 0.717) is 5.41 Å². The molecule has 21 heavy (non-hydrogen) atoms. The molecule has 1 aromatic heterocycles. The fraction of sp³-hybridized carbons (Fsp3) is 0.750. The van der Waals surface area contributed by atoms with Gasteiger partial charge in [-0.2, -0.15) is 0 Å². The van der Waals surface area contributed by atoms with Gasteiger partial charge in [-0.15, -0.1) is 0 Å². The molecule has 0 bridgehead atoms. The van der Waals surface area contributed by atoms with Gasteiger partial charge in [0, 0.05) is 45.6 Å². The fourth-order valence-electron chi connectivity index (χ4n) is 2.87. The minimum atomic E-state index is 0.413. The van der Waals surface area contributed by atoms with Gasteiger partial charge in [-0.05, 0) is 31.6 Å². The highest BCUT2D eigenvalue weighted by Gasteiger charge is 2.30. The van der Waals surface area contributed by atoms with Crippen LogP contribution in [0.1, 0.15) is 38.9 Å². The second kappa shape index (κ2) is 6.96. The molecular weight excluding hydrogens is 262 g/mol. The van der Waals surface area contributed by atoms with Crippen LogP contribution in [0.2, 0.25) is 0 Å². The van der Waals surface area contributed by atoms with Crippen molar-refractivity contribution in [1.82, 2.24) is 19.8 Å². The summed E-state index contributed by atoms with van der Waals surface area (Å²) < 4.78 is 2.21. The standard InChI is InChI=1S/C16H29N5/c1-14-18-9-12-20(14)10-6-5-8-19-15(17-4)21-11-7-16(2,3)13-21/h9,12H,5-8,10-11,13H2,1-4H3,(H,17,19). The van der Waals surface area contributed by atoms with Crippen molar-refractivity contribution in [2.24, 2.45) is 10.4 Å². The summed E-state index contributed by atoms with van der Waals surface area (Å²) in [4.78, 5) is 11.0. The van der Waals surface area contributed by atoms with Gasteiger partial charge in [0.2, 0.25) is 0 Å². The molecular formula is C16H29N5. The quantitative estimate of drug-likeness (QED) is 0.514. The summed E-state index contributed by atoms with van der Waals surface area (Å²) >= 11 is 0. The lowest BCUT2D eigenvalue weighted by atomic mass is 9.93. The third-order valence-electron chi connectivity index (χ3n) is 4.22. The number of aromatic nitrogens is 2. The van der Waals surface area contributed by atoms with Crippen LogP contribution in [0.3, 0.4) is 0 Å². The Morgan fingerprint density at radius 1 is 1.43 bits per heavy atom. The third-order valence-corrected chi connectivity index (χ3v) is 4.22. The Labute approximate surface area is 128 Å². The third kappa shape index (κ3) is 4.48. The van der Waals surface area contributed by atoms with E-state index in [1.165, 1.54) is 6.42 Å². The van der Waals surface area contributed by atoms with Gasteiger partial charge < -0.3 is 14.8 Å². The number of likely N-dealkylation sites (tertiary alicyclic amines) is 1. The van der Waals surface area contributed by atoms with E-state index in [0.717, 1.165) is 50.8 Å². The van der Waals surface area contributed by atoms with Gasteiger partial charge in [0.1, 0.15) is 5.82 Å². The molecule has 5 heteroatoms. The number of aryl methyl sites for hydroxylation is 2. The van der Waals surface area contributed by atoms with Gasteiger partial charge in [-0.3, -0.25) is 4.99 Å². The maximum atomic E-state index is 4.41. The second-order valence-electron chi connectivity index (χ2n) is 6.68. The molecule has 0 spiro atoms. The normalized spacial score (nSPS) is 18.3. The van der Waals surface area contributed by atoms with E-state index in [-0.39, 0.29) is 0 Å². The van der Waals surface area contributed by atoms with E-state index in [1.807, 2.05) is 19.4 Å². The van der Waals surface area contributed by atoms with Crippen molar-refractivity contribution in [3.63, 3.8) is 0 Å². The molecule has 1 fully saturated rings. The van der Waals surface area contributed by atoms with Crippen LogP contribution in [-0.2, 0) is 6.54 Å². The van der Waals surface area contributed by atoms with E-state index < -0.39 is 0 Å². The van der Waals surface area contributed by atoms with E-state index in [2.05, 4.69) is 45.5 Å². The molecule has 0 atom stereocenters. The van der Waals surface area contributed by atoms with Crippen molar-refractivity contribution in [2.45, 2.75) is 46.6 Å². The number of hydrogen-bond acceptors (Lipinski definition) is 2. The highest BCUT2D eigenvalue weighted by Crippen LogP contribution is 2.28. The van der Waals surface area contributed by atoms with Gasteiger partial charge in [0.25, 0.3) is 0 Å². The van der Waals surface area contributed by atoms with E-state index >= 15 is 0 Å². The molecule has 0 aliphatic carbocycles. The predicted molar refractivity (Wildman–Crippen MR) is 87.5 cm³/mol. The first-order valence-electron chi connectivity index (χ1n) is 7.95. The summed E-state index contributed by atoms with van der Waals surface area (Å²) in [5.41, 5.74) is 0.413. The van der Waals surface area contributed by atoms with Crippen molar-refractivity contribution < 1.29 is 0 Å². The van der Waals surface area contributed by atoms with Crippen LogP contribution in [0.25, 0.3) is 0 Å². The Morgan fingerprint density at radius 3 is 2.81 bits per heavy atom. The van der Waals surface area contributed by atoms with Crippen LogP contribution in [0.15, 0.2) is 17.4 Å². The summed E-state index contributed by atoms with van der Waals surface area (Å²) in [6.45, 7) is 10.9. The van der Waals surface area contributed by atoms with Gasteiger partial charge in [0.15, 0.2) is 5.96 Å². The topological polar surface area (TPSA) is 45.5 Å². The molecule has 0 amide bonds. The lowest BCUT2D eigenvalue weighted by molar-refractivity contribution is 0.370. The number of unbranched alkanes of at least 4 members (excludes halogenated alkanes) is 1. The first-order chi connectivity index (χ1) is 10.0. The van der Waals surface area contributed by atoms with Crippen molar-refractivity contribution in [3.8, 4) is 0 Å². The zero-order valence-corrected chi connectivity index (χ0v) is 13.9. The summed E-state index contributed by atoms with van der Waals surface area (Å²) in [6, 6.07) is 0. The minimum Gasteiger partial charge on any atom is -0.356 e. The molecule has 2 rings (SSSR count). The van der Waals surface area contributed by atoms with Crippen molar-refractivity contribution in [3.05, 3.63) is 18.2 Å². The number of rotatable bonds is 5. The van der Waals surface area contributed by atoms with Gasteiger partial charge in [0.05, 0.1) is 0 Å². The van der Waals surface area contributed by atoms with E-state index in [4.69, 9.17) is 0 Å². The first-order valence-corrected chi connectivity index (χ1v) is 7.95. The van der Waals surface area contributed by atoms with Gasteiger partial charge >= 0.3 is 0 Å². The van der Waals surface area contributed by atoms with E-state index in [1.54, 1.807) is 0 Å². The smallest absolute Gasteiger partial charge is 0.193 e. The zero-order chi connectivity index (χ0) is 15.3. The number of hydrogen-bond donors (Lipinski definition) is 1. The summed E-state index contributed by atoms with van der Waals surface area (Å²) in [6.07, 6.45) is 7.47. The molecule has 0 radical (unpaired) electrons. The SMILES string of the molecule is CN=C(NCCCCn1ccnc1C)N1CCC(C)(C)C1. The highest BCUT2D eigenvalue weighted by molar-refractivity contribution is 5.80. The molecule has 1 aromatic rings. The Balaban J connectivity index is 1.66. The van der Waals surface area contributed by atoms with Crippen molar-refractivity contribution in [1.29, 1.82) is 0 Å². The largest absolute Gasteiger partial charge is 0.356 e. The average molecular weight is 291 g/mol. The van der Waals surface area contributed by atoms with Crippen LogP contribution in [-0.4, -0.2) is 47.1 Å². The Bertz CT molecular complexity index is 475. The lowest BCUT2D eigenvalue weighted by Crippen LogP contribution is -2.41. The molecule has 0 saturated carbocycles. The zero-order valence-electron chi connectivity index (χ0n) is 13.9. The van der Waals surface area contributed by atoms with E-state index in [9.17, 15) is 0 Å². The highest BCUT2D eigenvalue weighted by atomic mass is 15.3. The first kappa shape index (κ1) is 15.9. The predicted octanol–water partition coefficient (Wildman–Crippen LogP) is 2.28. The van der Waals surface area contributed by atoms with Gasteiger partial charge in [-0.25, -0.2) is 4.98 Å². The number of aliphatic imine (C=N–C) groups is 1. The number of imidazole rings is 1. The van der Waals surface area contributed by atoms with Crippen LogP contribution in [0, 0.1) is 12.3 Å². The lowest BCUT2D eigenvalue weighted by Gasteiger charge is -2.23. The molecule has 1 N–H and O–H groups in total. The van der Waals surface area contributed by atoms with Crippen molar-refractivity contribution in [2.75, 3.05) is 26.7 Å². The summed E-state index contributed by atoms with van der Waals surface area (Å²) in [5, 5.41) is 3.49. The number of nitrogens with one attached hydrogen (secondary N) is 1. The van der Waals surface area contributed by atoms with Crippen molar-refractivity contribution >= 4 is 5.96 Å². The summed E-state index contributed by atoms with van der Waals surface area (Å²) in [5.74, 6) is 2.15. The molecule has 0 unspecified atom stereocenters. The van der Waals surface area contributed by atoms with Crippen LogP contribution in [0.4, 0.5) is 0 Å². The molecule has 1 saturated heterocycles. The maximum absolute atomic E-state index is 4.41. The van der Waals surface area contributed by atoms with Crippen LogP contribution >= 0.6 is 0 Å². The average Bonchev–Trinajstić information content (AvgIpc) is 3.00. The molecule has 1 aliphatic heterocycles. The molecule has 118 valence electrons. The Hall–Kier alpha value is -1.52. The number of guanidine groups is 1. The van der Waals surface area contributed by atoms with Crippen LogP contribution < -0.4 is 5.32 Å². The molecule has 0 aromatic carbocycles. The van der Waals surface area contributed by atoms with Gasteiger partial charge in [-0.1, -0.05) is 13.8 Å². The Morgan fingerprint density at radius 2 is 2.24 bits per heavy atom. The monoisotopic (exact) mass is 291 g/mol. The second-order valence-corrected chi connectivity index (χ2v) is 6.68. The molecule has 1 aliphatic rings. The maximum Gasteiger partial charge on any atom is 0.193 e. The fourth-order valence-corrected chi connectivity index (χ4v) is 2.87. The van der Waals surface area contributed by atoms with Crippen LogP contribution in [0.5, 0.6) is 0 Å². The molecule has 5 nitrogen and oxygen atoms in total. The summed E-state index contributed by atoms with van der Waals surface area (Å²) in [7, 11) is 1.88.